The number of methoxy groups -OCH3 is 1. The monoisotopic (exact) mass is 259 g/mol. The van der Waals surface area contributed by atoms with Crippen LogP contribution in [0.15, 0.2) is 24.4 Å². The zero-order chi connectivity index (χ0) is 13.7. The van der Waals surface area contributed by atoms with E-state index in [9.17, 15) is 0 Å². The Balaban J connectivity index is 2.03. The predicted octanol–water partition coefficient (Wildman–Crippen LogP) is 1.84. The molecule has 0 amide bonds. The van der Waals surface area contributed by atoms with Crippen LogP contribution in [-0.2, 0) is 6.54 Å². The van der Waals surface area contributed by atoms with Crippen molar-refractivity contribution < 1.29 is 4.74 Å². The lowest BCUT2D eigenvalue weighted by Crippen LogP contribution is -2.05. The molecule has 2 N–H and O–H groups in total. The van der Waals surface area contributed by atoms with E-state index in [0.717, 1.165) is 23.0 Å². The van der Waals surface area contributed by atoms with Crippen LogP contribution in [0.5, 0.6) is 5.88 Å². The molecule has 0 aliphatic carbocycles. The Morgan fingerprint density at radius 2 is 2.00 bits per heavy atom. The summed E-state index contributed by atoms with van der Waals surface area (Å²) >= 11 is 0. The van der Waals surface area contributed by atoms with Gasteiger partial charge in [-0.05, 0) is 12.5 Å². The summed E-state index contributed by atoms with van der Waals surface area (Å²) < 4.78 is 5.02. The Morgan fingerprint density at radius 1 is 1.21 bits per heavy atom. The maximum absolute atomic E-state index is 5.02. The molecular weight excluding hydrogens is 242 g/mol. The molecule has 0 aromatic carbocycles. The van der Waals surface area contributed by atoms with Gasteiger partial charge in [-0.15, -0.1) is 0 Å². The molecule has 0 aliphatic rings. The summed E-state index contributed by atoms with van der Waals surface area (Å²) in [5.41, 5.74) is 1.06. The van der Waals surface area contributed by atoms with Gasteiger partial charge in [-0.25, -0.2) is 15.0 Å². The van der Waals surface area contributed by atoms with Crippen molar-refractivity contribution in [1.82, 2.24) is 15.0 Å². The van der Waals surface area contributed by atoms with E-state index in [1.165, 1.54) is 0 Å². The summed E-state index contributed by atoms with van der Waals surface area (Å²) in [7, 11) is 3.43. The van der Waals surface area contributed by atoms with Gasteiger partial charge >= 0.3 is 0 Å². The lowest BCUT2D eigenvalue weighted by Gasteiger charge is -2.08. The lowest BCUT2D eigenvalue weighted by atomic mass is 10.3. The molecule has 19 heavy (non-hydrogen) atoms. The van der Waals surface area contributed by atoms with Gasteiger partial charge in [-0.1, -0.05) is 6.07 Å². The average Bonchev–Trinajstić information content (AvgIpc) is 2.45. The fourth-order valence-corrected chi connectivity index (χ4v) is 1.62. The molecule has 0 unspecified atom stereocenters. The van der Waals surface area contributed by atoms with Crippen LogP contribution in [-0.4, -0.2) is 29.1 Å². The third-order valence-electron chi connectivity index (χ3n) is 2.57. The van der Waals surface area contributed by atoms with Crippen molar-refractivity contribution in [3.05, 3.63) is 35.8 Å². The molecule has 0 aliphatic heterocycles. The first-order valence-electron chi connectivity index (χ1n) is 5.97. The summed E-state index contributed by atoms with van der Waals surface area (Å²) in [4.78, 5) is 12.7. The van der Waals surface area contributed by atoms with Crippen molar-refractivity contribution in [1.29, 1.82) is 0 Å². The molecule has 6 nitrogen and oxygen atoms in total. The normalized spacial score (nSPS) is 10.1. The largest absolute Gasteiger partial charge is 0.481 e. The number of rotatable bonds is 5. The fourth-order valence-electron chi connectivity index (χ4n) is 1.62. The molecule has 0 atom stereocenters. The van der Waals surface area contributed by atoms with Crippen molar-refractivity contribution in [2.24, 2.45) is 0 Å². The number of ether oxygens (including phenoxy) is 1. The molecule has 100 valence electrons. The smallest absolute Gasteiger partial charge is 0.212 e. The van der Waals surface area contributed by atoms with Crippen LogP contribution >= 0.6 is 0 Å². The van der Waals surface area contributed by atoms with E-state index in [0.29, 0.717) is 12.4 Å². The minimum atomic E-state index is 0.610. The van der Waals surface area contributed by atoms with Gasteiger partial charge in [0.2, 0.25) is 5.88 Å². The van der Waals surface area contributed by atoms with E-state index in [2.05, 4.69) is 25.6 Å². The molecule has 0 fully saturated rings. The van der Waals surface area contributed by atoms with Gasteiger partial charge in [-0.3, -0.25) is 0 Å². The molecule has 0 saturated carbocycles. The number of aryl methyl sites for hydroxylation is 1. The highest BCUT2D eigenvalue weighted by Gasteiger charge is 2.01. The molecule has 2 aromatic heterocycles. The Hall–Kier alpha value is -2.37. The number of nitrogens with zero attached hydrogens (tertiary/aromatic N) is 3. The number of pyridine rings is 1. The number of anilines is 2. The molecular formula is C13H17N5O. The van der Waals surface area contributed by atoms with Crippen LogP contribution < -0.4 is 15.4 Å². The first-order chi connectivity index (χ1) is 9.21. The highest BCUT2D eigenvalue weighted by molar-refractivity contribution is 5.47. The molecule has 6 heteroatoms. The number of aromatic nitrogens is 3. The van der Waals surface area contributed by atoms with Gasteiger partial charge in [0.05, 0.1) is 7.11 Å². The molecule has 0 spiro atoms. The number of hydrogen-bond acceptors (Lipinski definition) is 6. The Kier molecular flexibility index (Phi) is 4.12. The second-order valence-electron chi connectivity index (χ2n) is 4.00. The summed E-state index contributed by atoms with van der Waals surface area (Å²) in [6.07, 6.45) is 1.78. The SMILES string of the molecule is CNc1cc(NCc2ccc(OC)nc2)nc(C)n1. The van der Waals surface area contributed by atoms with Crippen LogP contribution in [0.3, 0.4) is 0 Å². The second-order valence-corrected chi connectivity index (χ2v) is 4.00. The Morgan fingerprint density at radius 3 is 2.63 bits per heavy atom. The highest BCUT2D eigenvalue weighted by atomic mass is 16.5. The predicted molar refractivity (Wildman–Crippen MR) is 74.4 cm³/mol. The van der Waals surface area contributed by atoms with Gasteiger partial charge in [-0.2, -0.15) is 0 Å². The van der Waals surface area contributed by atoms with Crippen molar-refractivity contribution >= 4 is 11.6 Å². The van der Waals surface area contributed by atoms with Crippen LogP contribution in [0.25, 0.3) is 0 Å². The van der Waals surface area contributed by atoms with E-state index in [-0.39, 0.29) is 0 Å². The van der Waals surface area contributed by atoms with Crippen LogP contribution in [0.1, 0.15) is 11.4 Å². The van der Waals surface area contributed by atoms with E-state index in [1.807, 2.05) is 32.2 Å². The van der Waals surface area contributed by atoms with E-state index in [4.69, 9.17) is 4.74 Å². The maximum Gasteiger partial charge on any atom is 0.212 e. The van der Waals surface area contributed by atoms with E-state index >= 15 is 0 Å². The summed E-state index contributed by atoms with van der Waals surface area (Å²) in [6, 6.07) is 5.66. The second kappa shape index (κ2) is 5.99. The van der Waals surface area contributed by atoms with E-state index in [1.54, 1.807) is 13.3 Å². The number of hydrogen-bond donors (Lipinski definition) is 2. The maximum atomic E-state index is 5.02. The topological polar surface area (TPSA) is 72.0 Å². The summed E-state index contributed by atoms with van der Waals surface area (Å²) in [5.74, 6) is 2.91. The molecule has 0 bridgehead atoms. The highest BCUT2D eigenvalue weighted by Crippen LogP contribution is 2.12. The van der Waals surface area contributed by atoms with Crippen LogP contribution in [0.4, 0.5) is 11.6 Å². The van der Waals surface area contributed by atoms with Gasteiger partial charge in [0, 0.05) is 31.9 Å². The first-order valence-corrected chi connectivity index (χ1v) is 5.97. The van der Waals surface area contributed by atoms with Gasteiger partial charge in [0.15, 0.2) is 0 Å². The van der Waals surface area contributed by atoms with Crippen molar-refractivity contribution in [2.75, 3.05) is 24.8 Å². The standard InChI is InChI=1S/C13H17N5O/c1-9-17-11(14-2)6-12(18-9)15-7-10-4-5-13(19-3)16-8-10/h4-6,8H,7H2,1-3H3,(H2,14,15,17,18). The molecule has 2 heterocycles. The minimum absolute atomic E-state index is 0.610. The summed E-state index contributed by atoms with van der Waals surface area (Å²) in [5, 5.41) is 6.24. The lowest BCUT2D eigenvalue weighted by molar-refractivity contribution is 0.397. The molecule has 2 rings (SSSR count). The van der Waals surface area contributed by atoms with E-state index < -0.39 is 0 Å². The zero-order valence-corrected chi connectivity index (χ0v) is 11.3. The number of nitrogens with one attached hydrogen (secondary N) is 2. The van der Waals surface area contributed by atoms with Crippen molar-refractivity contribution in [3.8, 4) is 5.88 Å². The third kappa shape index (κ3) is 3.54. The average molecular weight is 259 g/mol. The van der Waals surface area contributed by atoms with Gasteiger partial charge < -0.3 is 15.4 Å². The van der Waals surface area contributed by atoms with Crippen molar-refractivity contribution in [2.45, 2.75) is 13.5 Å². The quantitative estimate of drug-likeness (QED) is 0.853. The minimum Gasteiger partial charge on any atom is -0.481 e. The first kappa shape index (κ1) is 13.1. The fraction of sp³-hybridized carbons (Fsp3) is 0.308. The Bertz CT molecular complexity index is 541. The third-order valence-corrected chi connectivity index (χ3v) is 2.57. The zero-order valence-electron chi connectivity index (χ0n) is 11.3. The summed E-state index contributed by atoms with van der Waals surface area (Å²) in [6.45, 7) is 2.51. The van der Waals surface area contributed by atoms with Crippen molar-refractivity contribution in [3.63, 3.8) is 0 Å². The molecule has 0 saturated heterocycles. The molecule has 0 radical (unpaired) electrons. The Labute approximate surface area is 112 Å². The van der Waals surface area contributed by atoms with Crippen LogP contribution in [0, 0.1) is 6.92 Å². The van der Waals surface area contributed by atoms with Gasteiger partial charge in [0.25, 0.3) is 0 Å². The van der Waals surface area contributed by atoms with Crippen LogP contribution in [0.2, 0.25) is 0 Å². The molecule has 2 aromatic rings. The van der Waals surface area contributed by atoms with Gasteiger partial charge in [0.1, 0.15) is 17.5 Å².